The van der Waals surface area contributed by atoms with Crippen molar-refractivity contribution in [2.75, 3.05) is 7.11 Å². The summed E-state index contributed by atoms with van der Waals surface area (Å²) in [7, 11) is 1.27. The number of methoxy groups -OCH3 is 1. The predicted octanol–water partition coefficient (Wildman–Crippen LogP) is 1.32. The molecule has 0 heterocycles. The lowest BCUT2D eigenvalue weighted by Gasteiger charge is -2.16. The van der Waals surface area contributed by atoms with Crippen LogP contribution in [0, 0.1) is 0 Å². The van der Waals surface area contributed by atoms with Crippen molar-refractivity contribution >= 4 is 5.97 Å². The van der Waals surface area contributed by atoms with Gasteiger partial charge in [-0.3, -0.25) is 0 Å². The van der Waals surface area contributed by atoms with E-state index in [9.17, 15) is 9.90 Å². The van der Waals surface area contributed by atoms with Gasteiger partial charge in [-0.25, -0.2) is 4.79 Å². The van der Waals surface area contributed by atoms with Crippen LogP contribution in [0.15, 0.2) is 30.3 Å². The van der Waals surface area contributed by atoms with Gasteiger partial charge in [0.25, 0.3) is 0 Å². The van der Waals surface area contributed by atoms with Crippen LogP contribution in [-0.4, -0.2) is 24.3 Å². The number of benzene rings is 1. The fourth-order valence-corrected chi connectivity index (χ4v) is 1.26. The van der Waals surface area contributed by atoms with Gasteiger partial charge in [0.15, 0.2) is 6.10 Å². The van der Waals surface area contributed by atoms with E-state index in [1.165, 1.54) is 7.11 Å². The molecule has 0 bridgehead atoms. The lowest BCUT2D eigenvalue weighted by Crippen LogP contribution is -2.27. The summed E-state index contributed by atoms with van der Waals surface area (Å²) in [4.78, 5) is 11.1. The molecule has 1 aromatic rings. The highest BCUT2D eigenvalue weighted by molar-refractivity contribution is 5.75. The Morgan fingerprint density at radius 3 is 2.43 bits per heavy atom. The average Bonchev–Trinajstić information content (AvgIpc) is 2.27. The average molecular weight is 194 g/mol. The van der Waals surface area contributed by atoms with Crippen molar-refractivity contribution in [1.82, 2.24) is 0 Å². The molecule has 0 radical (unpaired) electrons. The molecule has 0 aromatic heterocycles. The zero-order valence-corrected chi connectivity index (χ0v) is 8.31. The van der Waals surface area contributed by atoms with Gasteiger partial charge in [0, 0.05) is 5.92 Å². The molecule has 0 unspecified atom stereocenters. The molecule has 1 N–H and O–H groups in total. The normalized spacial score (nSPS) is 14.5. The third-order valence-corrected chi connectivity index (χ3v) is 2.24. The lowest BCUT2D eigenvalue weighted by atomic mass is 9.95. The van der Waals surface area contributed by atoms with Crippen LogP contribution in [0.4, 0.5) is 0 Å². The Morgan fingerprint density at radius 1 is 1.36 bits per heavy atom. The highest BCUT2D eigenvalue weighted by atomic mass is 16.5. The number of esters is 1. The summed E-state index contributed by atoms with van der Waals surface area (Å²) in [6, 6.07) is 9.38. The van der Waals surface area contributed by atoms with Gasteiger partial charge in [0.2, 0.25) is 0 Å². The molecule has 0 spiro atoms. The highest BCUT2D eigenvalue weighted by Crippen LogP contribution is 2.19. The monoisotopic (exact) mass is 194 g/mol. The number of hydrogen-bond acceptors (Lipinski definition) is 3. The fourth-order valence-electron chi connectivity index (χ4n) is 1.26. The van der Waals surface area contributed by atoms with Gasteiger partial charge in [-0.15, -0.1) is 0 Å². The number of aliphatic hydroxyl groups is 1. The summed E-state index contributed by atoms with van der Waals surface area (Å²) >= 11 is 0. The van der Waals surface area contributed by atoms with E-state index in [0.717, 1.165) is 5.56 Å². The first-order valence-corrected chi connectivity index (χ1v) is 4.47. The van der Waals surface area contributed by atoms with Crippen LogP contribution in [0.5, 0.6) is 0 Å². The second-order valence-corrected chi connectivity index (χ2v) is 3.17. The quantitative estimate of drug-likeness (QED) is 0.738. The van der Waals surface area contributed by atoms with Gasteiger partial charge in [-0.1, -0.05) is 37.3 Å². The van der Waals surface area contributed by atoms with Crippen LogP contribution >= 0.6 is 0 Å². The topological polar surface area (TPSA) is 46.5 Å². The van der Waals surface area contributed by atoms with Crippen LogP contribution in [-0.2, 0) is 9.53 Å². The number of carbonyl (C=O) groups excluding carboxylic acids is 1. The molecule has 3 heteroatoms. The Morgan fingerprint density at radius 2 is 1.93 bits per heavy atom. The molecule has 76 valence electrons. The fraction of sp³-hybridized carbons (Fsp3) is 0.364. The zero-order valence-electron chi connectivity index (χ0n) is 8.31. The molecular weight excluding hydrogens is 180 g/mol. The summed E-state index contributed by atoms with van der Waals surface area (Å²) in [5.74, 6) is -0.843. The van der Waals surface area contributed by atoms with Gasteiger partial charge >= 0.3 is 5.97 Å². The van der Waals surface area contributed by atoms with Crippen molar-refractivity contribution in [2.45, 2.75) is 18.9 Å². The van der Waals surface area contributed by atoms with Crippen LogP contribution < -0.4 is 0 Å². The van der Waals surface area contributed by atoms with Crippen LogP contribution in [0.25, 0.3) is 0 Å². The first kappa shape index (κ1) is 10.7. The van der Waals surface area contributed by atoms with Gasteiger partial charge in [0.05, 0.1) is 7.11 Å². The van der Waals surface area contributed by atoms with Crippen LogP contribution in [0.3, 0.4) is 0 Å². The van der Waals surface area contributed by atoms with E-state index in [1.54, 1.807) is 6.92 Å². The first-order valence-electron chi connectivity index (χ1n) is 4.47. The molecule has 1 rings (SSSR count). The number of hydrogen-bond donors (Lipinski definition) is 1. The van der Waals surface area contributed by atoms with Crippen molar-refractivity contribution in [3.05, 3.63) is 35.9 Å². The molecule has 0 amide bonds. The van der Waals surface area contributed by atoms with E-state index >= 15 is 0 Å². The van der Waals surface area contributed by atoms with Gasteiger partial charge in [0.1, 0.15) is 0 Å². The number of ether oxygens (including phenoxy) is 1. The van der Waals surface area contributed by atoms with Crippen LogP contribution in [0.2, 0.25) is 0 Å². The third kappa shape index (κ3) is 2.33. The van der Waals surface area contributed by atoms with E-state index in [1.807, 2.05) is 30.3 Å². The number of aliphatic hydroxyl groups excluding tert-OH is 1. The molecule has 0 saturated heterocycles. The third-order valence-electron chi connectivity index (χ3n) is 2.24. The molecule has 0 saturated carbocycles. The molecule has 2 atom stereocenters. The van der Waals surface area contributed by atoms with Crippen LogP contribution in [0.1, 0.15) is 18.4 Å². The lowest BCUT2D eigenvalue weighted by molar-refractivity contribution is -0.151. The van der Waals surface area contributed by atoms with Crippen molar-refractivity contribution in [3.8, 4) is 0 Å². The van der Waals surface area contributed by atoms with E-state index in [0.29, 0.717) is 0 Å². The molecule has 14 heavy (non-hydrogen) atoms. The molecule has 0 aliphatic carbocycles. The maximum absolute atomic E-state index is 11.1. The minimum atomic E-state index is -1.10. The van der Waals surface area contributed by atoms with E-state index < -0.39 is 12.1 Å². The summed E-state index contributed by atoms with van der Waals surface area (Å²) < 4.78 is 4.47. The molecule has 0 aliphatic rings. The molecule has 1 aromatic carbocycles. The maximum atomic E-state index is 11.1. The minimum Gasteiger partial charge on any atom is -0.467 e. The zero-order chi connectivity index (χ0) is 10.6. The second-order valence-electron chi connectivity index (χ2n) is 3.17. The Hall–Kier alpha value is -1.35. The second kappa shape index (κ2) is 4.77. The standard InChI is InChI=1S/C11H14O3/c1-8(10(12)11(13)14-2)9-6-4-3-5-7-9/h3-8,10,12H,1-2H3/t8-,10+/m0/s1. The first-order chi connectivity index (χ1) is 6.66. The smallest absolute Gasteiger partial charge is 0.335 e. The largest absolute Gasteiger partial charge is 0.467 e. The molecule has 0 aliphatic heterocycles. The summed E-state index contributed by atoms with van der Waals surface area (Å²) in [6.45, 7) is 1.79. The van der Waals surface area contributed by atoms with Crippen molar-refractivity contribution in [3.63, 3.8) is 0 Å². The Kier molecular flexibility index (Phi) is 3.65. The number of rotatable bonds is 3. The SMILES string of the molecule is COC(=O)[C@H](O)[C@@H](C)c1ccccc1. The molecule has 0 fully saturated rings. The van der Waals surface area contributed by atoms with E-state index in [2.05, 4.69) is 4.74 Å². The van der Waals surface area contributed by atoms with E-state index in [4.69, 9.17) is 0 Å². The van der Waals surface area contributed by atoms with Gasteiger partial charge in [-0.05, 0) is 5.56 Å². The van der Waals surface area contributed by atoms with Crippen molar-refractivity contribution in [1.29, 1.82) is 0 Å². The maximum Gasteiger partial charge on any atom is 0.335 e. The summed E-state index contributed by atoms with van der Waals surface area (Å²) in [5.41, 5.74) is 0.922. The minimum absolute atomic E-state index is 0.247. The van der Waals surface area contributed by atoms with Gasteiger partial charge in [-0.2, -0.15) is 0 Å². The molecular formula is C11H14O3. The van der Waals surface area contributed by atoms with Crippen molar-refractivity contribution < 1.29 is 14.6 Å². The summed E-state index contributed by atoms with van der Waals surface area (Å²) in [5, 5.41) is 9.57. The Bertz CT molecular complexity index is 295. The van der Waals surface area contributed by atoms with Gasteiger partial charge < -0.3 is 9.84 Å². The Balaban J connectivity index is 2.75. The highest BCUT2D eigenvalue weighted by Gasteiger charge is 2.23. The van der Waals surface area contributed by atoms with E-state index in [-0.39, 0.29) is 5.92 Å². The molecule has 3 nitrogen and oxygen atoms in total. The van der Waals surface area contributed by atoms with Crippen molar-refractivity contribution in [2.24, 2.45) is 0 Å². The summed E-state index contributed by atoms with van der Waals surface area (Å²) in [6.07, 6.45) is -1.10. The Labute approximate surface area is 83.3 Å². The number of carbonyl (C=O) groups is 1. The predicted molar refractivity (Wildman–Crippen MR) is 52.9 cm³/mol.